The molecule has 17 heavy (non-hydrogen) atoms. The van der Waals surface area contributed by atoms with E-state index in [1.165, 1.54) is 0 Å². The minimum absolute atomic E-state index is 0. The Bertz CT molecular complexity index is 244. The van der Waals surface area contributed by atoms with Crippen LogP contribution in [0.5, 0.6) is 0 Å². The zero-order valence-electron chi connectivity index (χ0n) is 9.72. The predicted molar refractivity (Wildman–Crippen MR) is 31.7 cm³/mol. The molecule has 0 aromatic rings. The third-order valence-corrected chi connectivity index (χ3v) is 1.25. The average Bonchev–Trinajstić information content (AvgIpc) is 1.82. The molecular formula is C6H6FNa3O7. The van der Waals surface area contributed by atoms with Crippen molar-refractivity contribution in [1.29, 1.82) is 0 Å². The molecule has 0 aliphatic carbocycles. The van der Waals surface area contributed by atoms with E-state index in [1.807, 2.05) is 0 Å². The van der Waals surface area contributed by atoms with Gasteiger partial charge in [0.1, 0.15) is 5.60 Å². The number of carbonyl (C=O) groups is 3. The Balaban J connectivity index is -0.000000120. The molecule has 82 valence electrons. The standard InChI is InChI=1S/C6H8O7.FH.3Na/c7-3(8)1-6(13,5(11)12)2-4(9)10;;;;/h13H,1-2H2,(H,7,8)(H,9,10)(H,11,12);1H;;;/q;;3*+1/p-3. The van der Waals surface area contributed by atoms with Gasteiger partial charge in [-0.1, -0.05) is 0 Å². The Morgan fingerprint density at radius 3 is 1.24 bits per heavy atom. The van der Waals surface area contributed by atoms with Gasteiger partial charge < -0.3 is 34.8 Å². The molecule has 0 atom stereocenters. The minimum Gasteiger partial charge on any atom is -0.550 e. The second kappa shape index (κ2) is 13.7. The van der Waals surface area contributed by atoms with E-state index in [1.54, 1.807) is 0 Å². The monoisotopic (exact) mass is 278 g/mol. The quantitative estimate of drug-likeness (QED) is 0.492. The van der Waals surface area contributed by atoms with E-state index in [0.29, 0.717) is 0 Å². The van der Waals surface area contributed by atoms with Gasteiger partial charge in [-0.25, -0.2) is 0 Å². The zero-order valence-corrected chi connectivity index (χ0v) is 15.7. The van der Waals surface area contributed by atoms with E-state index in [2.05, 4.69) is 0 Å². The first-order valence-corrected chi connectivity index (χ1v) is 3.11. The van der Waals surface area contributed by atoms with Gasteiger partial charge in [-0.05, 0) is 0 Å². The molecule has 7 nitrogen and oxygen atoms in total. The van der Waals surface area contributed by atoms with Crippen LogP contribution in [0.4, 0.5) is 4.70 Å². The van der Waals surface area contributed by atoms with E-state index < -0.39 is 36.4 Å². The zero-order chi connectivity index (χ0) is 10.6. The van der Waals surface area contributed by atoms with Crippen LogP contribution in [0.15, 0.2) is 0 Å². The van der Waals surface area contributed by atoms with E-state index in [0.717, 1.165) is 0 Å². The van der Waals surface area contributed by atoms with Crippen LogP contribution in [0.3, 0.4) is 0 Å². The summed E-state index contributed by atoms with van der Waals surface area (Å²) in [5, 5.41) is 38.9. The summed E-state index contributed by atoms with van der Waals surface area (Å²) in [5.41, 5.74) is -2.97. The summed E-state index contributed by atoms with van der Waals surface area (Å²) in [6.45, 7) is 0. The van der Waals surface area contributed by atoms with Crippen LogP contribution in [0.2, 0.25) is 0 Å². The van der Waals surface area contributed by atoms with E-state index in [4.69, 9.17) is 5.11 Å². The van der Waals surface area contributed by atoms with Crippen LogP contribution in [0.1, 0.15) is 12.8 Å². The molecule has 0 rings (SSSR count). The number of carbonyl (C=O) groups excluding carboxylic acids is 3. The molecule has 11 heteroatoms. The fourth-order valence-corrected chi connectivity index (χ4v) is 0.684. The molecule has 0 saturated carbocycles. The molecule has 0 fully saturated rings. The van der Waals surface area contributed by atoms with Gasteiger partial charge in [0.15, 0.2) is 0 Å². The summed E-state index contributed by atoms with van der Waals surface area (Å²) in [4.78, 5) is 30.0. The molecule has 1 N–H and O–H groups in total. The number of aliphatic carboxylic acids is 3. The number of carboxylic acids is 3. The second-order valence-corrected chi connectivity index (χ2v) is 2.42. The minimum atomic E-state index is -2.97. The molecule has 0 aliphatic rings. The van der Waals surface area contributed by atoms with Crippen LogP contribution in [0, 0.1) is 0 Å². The number of aliphatic hydroxyl groups is 1. The molecule has 0 radical (unpaired) electrons. The second-order valence-electron chi connectivity index (χ2n) is 2.42. The molecule has 0 heterocycles. The smallest absolute Gasteiger partial charge is 0.550 e. The maximum atomic E-state index is 10.1. The summed E-state index contributed by atoms with van der Waals surface area (Å²) in [5.74, 6) is -5.98. The SMILES string of the molecule is F.O=C([O-])CC(O)(CC(=O)[O-])C(=O)[O-].[Na+].[Na+].[Na+]. The van der Waals surface area contributed by atoms with Gasteiger partial charge in [0.2, 0.25) is 0 Å². The maximum Gasteiger partial charge on any atom is 1.00 e. The van der Waals surface area contributed by atoms with Crippen LogP contribution in [0.25, 0.3) is 0 Å². The summed E-state index contributed by atoms with van der Waals surface area (Å²) in [6, 6.07) is 0. The van der Waals surface area contributed by atoms with Crippen molar-refractivity contribution in [3.05, 3.63) is 0 Å². The summed E-state index contributed by atoms with van der Waals surface area (Å²) < 4.78 is 0. The molecule has 0 amide bonds. The Morgan fingerprint density at radius 1 is 0.882 bits per heavy atom. The summed E-state index contributed by atoms with van der Waals surface area (Å²) in [6.07, 6.45) is -2.72. The fourth-order valence-electron chi connectivity index (χ4n) is 0.684. The topological polar surface area (TPSA) is 141 Å². The van der Waals surface area contributed by atoms with Crippen LogP contribution >= 0.6 is 0 Å². The molecule has 0 spiro atoms. The van der Waals surface area contributed by atoms with Crippen molar-refractivity contribution in [3.63, 3.8) is 0 Å². The Morgan fingerprint density at radius 2 is 1.12 bits per heavy atom. The summed E-state index contributed by atoms with van der Waals surface area (Å²) >= 11 is 0. The maximum absolute atomic E-state index is 10.1. The van der Waals surface area contributed by atoms with Crippen molar-refractivity contribution in [1.82, 2.24) is 0 Å². The molecule has 0 aromatic heterocycles. The predicted octanol–water partition coefficient (Wildman–Crippen LogP) is -14.1. The van der Waals surface area contributed by atoms with E-state index in [-0.39, 0.29) is 93.4 Å². The Labute approximate surface area is 162 Å². The van der Waals surface area contributed by atoms with Crippen molar-refractivity contribution in [3.8, 4) is 0 Å². The summed E-state index contributed by atoms with van der Waals surface area (Å²) in [7, 11) is 0. The number of hydrogen-bond acceptors (Lipinski definition) is 7. The van der Waals surface area contributed by atoms with Crippen molar-refractivity contribution in [2.75, 3.05) is 0 Å². The Hall–Kier alpha value is 1.30. The third kappa shape index (κ3) is 13.5. The first-order chi connectivity index (χ1) is 5.78. The van der Waals surface area contributed by atoms with Gasteiger partial charge in [-0.15, -0.1) is 0 Å². The van der Waals surface area contributed by atoms with Crippen LogP contribution in [-0.4, -0.2) is 28.6 Å². The van der Waals surface area contributed by atoms with Crippen molar-refractivity contribution in [2.24, 2.45) is 0 Å². The third-order valence-electron chi connectivity index (χ3n) is 1.25. The number of carboxylic acid groups (broad SMARTS) is 3. The first-order valence-electron chi connectivity index (χ1n) is 3.11. The number of halogens is 1. The largest absolute Gasteiger partial charge is 1.00 e. The molecule has 0 aromatic carbocycles. The molecule has 0 aliphatic heterocycles. The van der Waals surface area contributed by atoms with Gasteiger partial charge in [0, 0.05) is 24.8 Å². The van der Waals surface area contributed by atoms with Crippen molar-refractivity contribution >= 4 is 17.9 Å². The van der Waals surface area contributed by atoms with Gasteiger partial charge in [0.25, 0.3) is 0 Å². The Kier molecular flexibility index (Phi) is 25.0. The number of hydrogen-bond donors (Lipinski definition) is 1. The van der Waals surface area contributed by atoms with Crippen molar-refractivity contribution < 1.29 is 128 Å². The molecule has 0 bridgehead atoms. The number of rotatable bonds is 5. The van der Waals surface area contributed by atoms with E-state index >= 15 is 0 Å². The first kappa shape index (κ1) is 31.0. The van der Waals surface area contributed by atoms with Gasteiger partial charge in [-0.3, -0.25) is 4.70 Å². The van der Waals surface area contributed by atoms with Crippen LogP contribution in [-0.2, 0) is 14.4 Å². The van der Waals surface area contributed by atoms with Gasteiger partial charge >= 0.3 is 88.7 Å². The fraction of sp³-hybridized carbons (Fsp3) is 0.500. The van der Waals surface area contributed by atoms with Crippen molar-refractivity contribution in [2.45, 2.75) is 18.4 Å². The molecule has 0 saturated heterocycles. The van der Waals surface area contributed by atoms with Gasteiger partial charge in [0.05, 0.1) is 5.97 Å². The molecule has 0 unspecified atom stereocenters. The van der Waals surface area contributed by atoms with Gasteiger partial charge in [-0.2, -0.15) is 0 Å². The van der Waals surface area contributed by atoms with Crippen LogP contribution < -0.4 is 104 Å². The normalized spacial score (nSPS) is 8.29. The van der Waals surface area contributed by atoms with E-state index in [9.17, 15) is 29.7 Å². The molecular weight excluding hydrogens is 272 g/mol. The average molecular weight is 278 g/mol.